The van der Waals surface area contributed by atoms with Crippen LogP contribution in [0.2, 0.25) is 10.0 Å². The maximum Gasteiger partial charge on any atom is 0.431 e. The SMILES string of the molecule is OC1(c2ccc(Cl)c(Cl)c2)CC(C(F)(F)F)=NN1. The molecule has 1 aliphatic heterocycles. The van der Waals surface area contributed by atoms with Crippen LogP contribution in [-0.2, 0) is 5.72 Å². The van der Waals surface area contributed by atoms with E-state index in [0.717, 1.165) is 0 Å². The molecule has 0 aromatic heterocycles. The second-order valence-electron chi connectivity index (χ2n) is 3.83. The third-order valence-electron chi connectivity index (χ3n) is 2.52. The Bertz CT molecular complexity index is 518. The zero-order chi connectivity index (χ0) is 13.6. The van der Waals surface area contributed by atoms with Gasteiger partial charge in [-0.3, -0.25) is 5.43 Å². The van der Waals surface area contributed by atoms with Crippen LogP contribution < -0.4 is 5.43 Å². The third-order valence-corrected chi connectivity index (χ3v) is 3.26. The zero-order valence-electron chi connectivity index (χ0n) is 8.72. The molecule has 2 N–H and O–H groups in total. The van der Waals surface area contributed by atoms with Gasteiger partial charge in [-0.05, 0) is 12.1 Å². The van der Waals surface area contributed by atoms with Crippen molar-refractivity contribution in [1.82, 2.24) is 5.43 Å². The Balaban J connectivity index is 2.28. The van der Waals surface area contributed by atoms with Gasteiger partial charge in [-0.1, -0.05) is 29.3 Å². The minimum atomic E-state index is -4.58. The number of hydrogen-bond acceptors (Lipinski definition) is 3. The molecule has 1 aliphatic rings. The number of rotatable bonds is 1. The summed E-state index contributed by atoms with van der Waals surface area (Å²) in [7, 11) is 0. The number of hydrogen-bond donors (Lipinski definition) is 2. The van der Waals surface area contributed by atoms with Gasteiger partial charge in [0.2, 0.25) is 0 Å². The van der Waals surface area contributed by atoms with Gasteiger partial charge in [0.1, 0.15) is 5.71 Å². The summed E-state index contributed by atoms with van der Waals surface area (Å²) < 4.78 is 37.3. The predicted molar refractivity (Wildman–Crippen MR) is 61.6 cm³/mol. The van der Waals surface area contributed by atoms with E-state index in [1.807, 2.05) is 0 Å². The van der Waals surface area contributed by atoms with Crippen molar-refractivity contribution in [2.24, 2.45) is 5.10 Å². The molecule has 0 bridgehead atoms. The maximum absolute atomic E-state index is 12.4. The summed E-state index contributed by atoms with van der Waals surface area (Å²) in [6.45, 7) is 0. The molecular weight excluding hydrogens is 292 g/mol. The van der Waals surface area contributed by atoms with Crippen LogP contribution in [-0.4, -0.2) is 17.0 Å². The standard InChI is InChI=1S/C10H7Cl2F3N2O/c11-6-2-1-5(3-7(6)12)9(18)4-8(16-17-9)10(13,14)15/h1-3,17-18H,4H2. The summed E-state index contributed by atoms with van der Waals surface area (Å²) >= 11 is 11.4. The average molecular weight is 299 g/mol. The highest BCUT2D eigenvalue weighted by Gasteiger charge is 2.46. The topological polar surface area (TPSA) is 44.6 Å². The number of nitrogens with one attached hydrogen (secondary N) is 1. The molecule has 1 aromatic carbocycles. The molecular formula is C10H7Cl2F3N2O. The average Bonchev–Trinajstić information content (AvgIpc) is 2.66. The number of alkyl halides is 3. The van der Waals surface area contributed by atoms with E-state index in [0.29, 0.717) is 0 Å². The van der Waals surface area contributed by atoms with Crippen molar-refractivity contribution in [1.29, 1.82) is 0 Å². The first kappa shape index (κ1) is 13.5. The number of aliphatic hydroxyl groups is 1. The molecule has 0 fully saturated rings. The largest absolute Gasteiger partial charge is 0.431 e. The van der Waals surface area contributed by atoms with Gasteiger partial charge in [0.05, 0.1) is 16.5 Å². The van der Waals surface area contributed by atoms with Gasteiger partial charge in [0, 0.05) is 5.56 Å². The van der Waals surface area contributed by atoms with Gasteiger partial charge in [-0.15, -0.1) is 0 Å². The van der Waals surface area contributed by atoms with Crippen LogP contribution in [0.4, 0.5) is 13.2 Å². The summed E-state index contributed by atoms with van der Waals surface area (Å²) in [4.78, 5) is 0. The summed E-state index contributed by atoms with van der Waals surface area (Å²) in [6, 6.07) is 4.08. The van der Waals surface area contributed by atoms with Gasteiger partial charge in [-0.2, -0.15) is 18.3 Å². The predicted octanol–water partition coefficient (Wildman–Crippen LogP) is 3.05. The summed E-state index contributed by atoms with van der Waals surface area (Å²) in [6.07, 6.45) is -5.26. The minimum absolute atomic E-state index is 0.143. The van der Waals surface area contributed by atoms with E-state index >= 15 is 0 Å². The van der Waals surface area contributed by atoms with E-state index in [1.54, 1.807) is 0 Å². The first-order valence-corrected chi connectivity index (χ1v) is 5.57. The molecule has 3 nitrogen and oxygen atoms in total. The van der Waals surface area contributed by atoms with Crippen LogP contribution in [0.5, 0.6) is 0 Å². The number of halogens is 5. The van der Waals surface area contributed by atoms with E-state index in [9.17, 15) is 18.3 Å². The van der Waals surface area contributed by atoms with Gasteiger partial charge < -0.3 is 5.11 Å². The van der Waals surface area contributed by atoms with Crippen molar-refractivity contribution in [3.63, 3.8) is 0 Å². The Morgan fingerprint density at radius 3 is 2.44 bits per heavy atom. The zero-order valence-corrected chi connectivity index (χ0v) is 10.2. The fourth-order valence-electron chi connectivity index (χ4n) is 1.56. The van der Waals surface area contributed by atoms with Crippen LogP contribution in [0.15, 0.2) is 23.3 Å². The van der Waals surface area contributed by atoms with Crippen molar-refractivity contribution in [2.75, 3.05) is 0 Å². The lowest BCUT2D eigenvalue weighted by atomic mass is 9.98. The highest BCUT2D eigenvalue weighted by Crippen LogP contribution is 2.35. The molecule has 1 heterocycles. The maximum atomic E-state index is 12.4. The first-order valence-electron chi connectivity index (χ1n) is 4.81. The highest BCUT2D eigenvalue weighted by atomic mass is 35.5. The van der Waals surface area contributed by atoms with E-state index in [1.165, 1.54) is 18.2 Å². The Kier molecular flexibility index (Phi) is 3.21. The lowest BCUT2D eigenvalue weighted by Gasteiger charge is -2.23. The van der Waals surface area contributed by atoms with Gasteiger partial charge >= 0.3 is 6.18 Å². The van der Waals surface area contributed by atoms with Crippen molar-refractivity contribution in [3.05, 3.63) is 33.8 Å². The monoisotopic (exact) mass is 298 g/mol. The Morgan fingerprint density at radius 2 is 1.94 bits per heavy atom. The molecule has 0 aliphatic carbocycles. The smallest absolute Gasteiger partial charge is 0.365 e. The van der Waals surface area contributed by atoms with Crippen LogP contribution in [0, 0.1) is 0 Å². The Morgan fingerprint density at radius 1 is 1.28 bits per heavy atom. The van der Waals surface area contributed by atoms with Crippen LogP contribution in [0.3, 0.4) is 0 Å². The number of nitrogens with zero attached hydrogens (tertiary/aromatic N) is 1. The normalized spacial score (nSPS) is 23.8. The fraction of sp³-hybridized carbons (Fsp3) is 0.300. The Hall–Kier alpha value is -0.980. The van der Waals surface area contributed by atoms with Crippen LogP contribution in [0.1, 0.15) is 12.0 Å². The van der Waals surface area contributed by atoms with E-state index < -0.39 is 24.0 Å². The Labute approximate surface area is 110 Å². The van der Waals surface area contributed by atoms with Gasteiger partial charge in [0.25, 0.3) is 0 Å². The number of hydrazone groups is 1. The van der Waals surface area contributed by atoms with Gasteiger partial charge in [0.15, 0.2) is 5.72 Å². The molecule has 0 spiro atoms. The van der Waals surface area contributed by atoms with Crippen LogP contribution in [0.25, 0.3) is 0 Å². The van der Waals surface area contributed by atoms with E-state index in [4.69, 9.17) is 23.2 Å². The number of benzene rings is 1. The molecule has 1 unspecified atom stereocenters. The molecule has 2 rings (SSSR count). The molecule has 18 heavy (non-hydrogen) atoms. The summed E-state index contributed by atoms with van der Waals surface area (Å²) in [5, 5.41) is 13.6. The lowest BCUT2D eigenvalue weighted by Crippen LogP contribution is -2.36. The molecule has 98 valence electrons. The van der Waals surface area contributed by atoms with E-state index in [-0.39, 0.29) is 15.6 Å². The molecule has 0 saturated carbocycles. The third kappa shape index (κ3) is 2.41. The summed E-state index contributed by atoms with van der Waals surface area (Å²) in [5.74, 6) is 0. The van der Waals surface area contributed by atoms with Crippen molar-refractivity contribution in [2.45, 2.75) is 18.3 Å². The van der Waals surface area contributed by atoms with E-state index in [2.05, 4.69) is 10.5 Å². The van der Waals surface area contributed by atoms with Crippen molar-refractivity contribution >= 4 is 28.9 Å². The molecule has 8 heteroatoms. The first-order chi connectivity index (χ1) is 8.22. The highest BCUT2D eigenvalue weighted by molar-refractivity contribution is 6.42. The molecule has 0 radical (unpaired) electrons. The molecule has 1 atom stereocenters. The summed E-state index contributed by atoms with van der Waals surface area (Å²) in [5.41, 5.74) is -0.750. The van der Waals surface area contributed by atoms with Crippen molar-refractivity contribution < 1.29 is 18.3 Å². The lowest BCUT2D eigenvalue weighted by molar-refractivity contribution is -0.0630. The fourth-order valence-corrected chi connectivity index (χ4v) is 1.86. The second kappa shape index (κ2) is 4.29. The molecule has 0 amide bonds. The minimum Gasteiger partial charge on any atom is -0.365 e. The van der Waals surface area contributed by atoms with Gasteiger partial charge in [-0.25, -0.2) is 0 Å². The molecule has 1 aromatic rings. The molecule has 0 saturated heterocycles. The van der Waals surface area contributed by atoms with Crippen LogP contribution >= 0.6 is 23.2 Å². The second-order valence-corrected chi connectivity index (χ2v) is 4.65. The quantitative estimate of drug-likeness (QED) is 0.837. The van der Waals surface area contributed by atoms with Crippen molar-refractivity contribution in [3.8, 4) is 0 Å².